The van der Waals surface area contributed by atoms with Crippen molar-refractivity contribution in [1.82, 2.24) is 9.78 Å². The van der Waals surface area contributed by atoms with E-state index in [1.165, 1.54) is 12.5 Å². The maximum Gasteiger partial charge on any atom is 0.199 e. The third kappa shape index (κ3) is 1.25. The lowest BCUT2D eigenvalue weighted by Gasteiger charge is -1.96. The van der Waals surface area contributed by atoms with Crippen molar-refractivity contribution < 1.29 is 9.21 Å². The van der Waals surface area contributed by atoms with Crippen LogP contribution in [0.2, 0.25) is 0 Å². The number of hydrogen-bond acceptors (Lipinski definition) is 3. The molecule has 0 aliphatic heterocycles. The summed E-state index contributed by atoms with van der Waals surface area (Å²) >= 11 is 0. The minimum atomic E-state index is -0.0515. The number of aryl methyl sites for hydroxylation is 1. The first-order valence-electron chi connectivity index (χ1n) is 4.25. The molecule has 72 valence electrons. The predicted octanol–water partition coefficient (Wildman–Crippen LogP) is 1.55. The Balaban J connectivity index is 2.42. The number of carbonyl (C=O) groups excluding carboxylic acids is 1. The molecule has 0 radical (unpaired) electrons. The Morgan fingerprint density at radius 2 is 2.36 bits per heavy atom. The van der Waals surface area contributed by atoms with E-state index in [0.29, 0.717) is 11.1 Å². The minimum absolute atomic E-state index is 0.0515. The zero-order valence-electron chi connectivity index (χ0n) is 8.02. The van der Waals surface area contributed by atoms with Crippen LogP contribution in [0.1, 0.15) is 21.6 Å². The fourth-order valence-corrected chi connectivity index (χ4v) is 1.27. The van der Waals surface area contributed by atoms with Gasteiger partial charge in [0.1, 0.15) is 6.26 Å². The maximum absolute atomic E-state index is 11.8. The van der Waals surface area contributed by atoms with Gasteiger partial charge in [-0.1, -0.05) is 0 Å². The van der Waals surface area contributed by atoms with Crippen LogP contribution in [0.15, 0.2) is 29.2 Å². The summed E-state index contributed by atoms with van der Waals surface area (Å²) in [5.41, 5.74) is 2.03. The Morgan fingerprint density at radius 3 is 2.86 bits per heavy atom. The minimum Gasteiger partial charge on any atom is -0.472 e. The molecular weight excluding hydrogens is 180 g/mol. The summed E-state index contributed by atoms with van der Waals surface area (Å²) in [6.07, 6.45) is 4.50. The number of carbonyl (C=O) groups is 1. The van der Waals surface area contributed by atoms with Gasteiger partial charge in [-0.2, -0.15) is 5.10 Å². The molecule has 2 aromatic rings. The predicted molar refractivity (Wildman–Crippen MR) is 50.1 cm³/mol. The lowest BCUT2D eigenvalue weighted by molar-refractivity contribution is 0.103. The van der Waals surface area contributed by atoms with Gasteiger partial charge < -0.3 is 4.42 Å². The van der Waals surface area contributed by atoms with Gasteiger partial charge in [-0.15, -0.1) is 0 Å². The molecule has 0 unspecified atom stereocenters. The van der Waals surface area contributed by atoms with E-state index in [2.05, 4.69) is 5.10 Å². The summed E-state index contributed by atoms with van der Waals surface area (Å²) < 4.78 is 6.53. The molecule has 0 aliphatic rings. The standard InChI is InChI=1S/C10H10N2O2/c1-7-9(5-11-12(7)2)10(13)8-3-4-14-6-8/h3-6H,1-2H3. The van der Waals surface area contributed by atoms with Gasteiger partial charge >= 0.3 is 0 Å². The molecule has 0 atom stereocenters. The van der Waals surface area contributed by atoms with E-state index in [0.717, 1.165) is 5.69 Å². The molecule has 0 saturated carbocycles. The highest BCUT2D eigenvalue weighted by Crippen LogP contribution is 2.13. The Hall–Kier alpha value is -1.84. The molecular formula is C10H10N2O2. The van der Waals surface area contributed by atoms with Crippen LogP contribution in [0.5, 0.6) is 0 Å². The zero-order chi connectivity index (χ0) is 10.1. The number of rotatable bonds is 2. The lowest BCUT2D eigenvalue weighted by Crippen LogP contribution is -2.02. The second-order valence-electron chi connectivity index (χ2n) is 3.11. The Kier molecular flexibility index (Phi) is 1.96. The molecule has 0 fully saturated rings. The van der Waals surface area contributed by atoms with Crippen LogP contribution in [0, 0.1) is 6.92 Å². The highest BCUT2D eigenvalue weighted by Gasteiger charge is 2.15. The maximum atomic E-state index is 11.8. The summed E-state index contributed by atoms with van der Waals surface area (Å²) in [5.74, 6) is -0.0515. The van der Waals surface area contributed by atoms with Crippen LogP contribution in [0.25, 0.3) is 0 Å². The highest BCUT2D eigenvalue weighted by molar-refractivity contribution is 6.09. The largest absolute Gasteiger partial charge is 0.472 e. The van der Waals surface area contributed by atoms with Crippen LogP contribution < -0.4 is 0 Å². The molecule has 0 saturated heterocycles. The van der Waals surface area contributed by atoms with Crippen molar-refractivity contribution in [3.8, 4) is 0 Å². The third-order valence-corrected chi connectivity index (χ3v) is 2.26. The molecule has 2 aromatic heterocycles. The van der Waals surface area contributed by atoms with E-state index in [9.17, 15) is 4.79 Å². The van der Waals surface area contributed by atoms with Crippen molar-refractivity contribution in [2.45, 2.75) is 6.92 Å². The monoisotopic (exact) mass is 190 g/mol. The van der Waals surface area contributed by atoms with E-state index in [1.54, 1.807) is 16.9 Å². The lowest BCUT2D eigenvalue weighted by atomic mass is 10.1. The fraction of sp³-hybridized carbons (Fsp3) is 0.200. The molecule has 0 spiro atoms. The van der Waals surface area contributed by atoms with E-state index in [1.807, 2.05) is 14.0 Å². The van der Waals surface area contributed by atoms with Crippen LogP contribution in [0.3, 0.4) is 0 Å². The SMILES string of the molecule is Cc1c(C(=O)c2ccoc2)cnn1C. The molecule has 4 nitrogen and oxygen atoms in total. The molecule has 0 bridgehead atoms. The number of aromatic nitrogens is 2. The van der Waals surface area contributed by atoms with E-state index >= 15 is 0 Å². The van der Waals surface area contributed by atoms with E-state index < -0.39 is 0 Å². The molecule has 2 heterocycles. The number of nitrogens with zero attached hydrogens (tertiary/aromatic N) is 2. The van der Waals surface area contributed by atoms with Crippen molar-refractivity contribution in [3.63, 3.8) is 0 Å². The van der Waals surface area contributed by atoms with Gasteiger partial charge in [-0.05, 0) is 13.0 Å². The highest BCUT2D eigenvalue weighted by atomic mass is 16.3. The van der Waals surface area contributed by atoms with Crippen LogP contribution in [-0.2, 0) is 7.05 Å². The van der Waals surface area contributed by atoms with Gasteiger partial charge in [-0.3, -0.25) is 9.48 Å². The Morgan fingerprint density at radius 1 is 1.57 bits per heavy atom. The van der Waals surface area contributed by atoms with E-state index in [4.69, 9.17) is 4.42 Å². The summed E-state index contributed by atoms with van der Waals surface area (Å²) in [5, 5.41) is 4.01. The number of furan rings is 1. The number of ketones is 1. The molecule has 4 heteroatoms. The van der Waals surface area contributed by atoms with Crippen molar-refractivity contribution in [2.24, 2.45) is 7.05 Å². The summed E-state index contributed by atoms with van der Waals surface area (Å²) in [6, 6.07) is 1.65. The second-order valence-corrected chi connectivity index (χ2v) is 3.11. The Bertz CT molecular complexity index is 454. The van der Waals surface area contributed by atoms with E-state index in [-0.39, 0.29) is 5.78 Å². The third-order valence-electron chi connectivity index (χ3n) is 2.26. The molecule has 0 aromatic carbocycles. The first kappa shape index (κ1) is 8.74. The molecule has 0 amide bonds. The fourth-order valence-electron chi connectivity index (χ4n) is 1.27. The van der Waals surface area contributed by atoms with Gasteiger partial charge in [-0.25, -0.2) is 0 Å². The molecule has 0 N–H and O–H groups in total. The molecule has 0 aliphatic carbocycles. The smallest absolute Gasteiger partial charge is 0.199 e. The van der Waals surface area contributed by atoms with Crippen LogP contribution in [-0.4, -0.2) is 15.6 Å². The average molecular weight is 190 g/mol. The van der Waals surface area contributed by atoms with Crippen LogP contribution in [0.4, 0.5) is 0 Å². The van der Waals surface area contributed by atoms with Crippen molar-refractivity contribution in [1.29, 1.82) is 0 Å². The van der Waals surface area contributed by atoms with Crippen LogP contribution >= 0.6 is 0 Å². The van der Waals surface area contributed by atoms with Gasteiger partial charge in [0.15, 0.2) is 5.78 Å². The number of hydrogen-bond donors (Lipinski definition) is 0. The molecule has 14 heavy (non-hydrogen) atoms. The summed E-state index contributed by atoms with van der Waals surface area (Å²) in [4.78, 5) is 11.8. The first-order chi connectivity index (χ1) is 6.70. The zero-order valence-corrected chi connectivity index (χ0v) is 8.02. The van der Waals surface area contributed by atoms with Crippen molar-refractivity contribution >= 4 is 5.78 Å². The quantitative estimate of drug-likeness (QED) is 0.675. The molecule has 2 rings (SSSR count). The van der Waals surface area contributed by atoms with Gasteiger partial charge in [0, 0.05) is 12.7 Å². The van der Waals surface area contributed by atoms with Crippen molar-refractivity contribution in [2.75, 3.05) is 0 Å². The topological polar surface area (TPSA) is 48.0 Å². The van der Waals surface area contributed by atoms with Gasteiger partial charge in [0.2, 0.25) is 0 Å². The van der Waals surface area contributed by atoms with Crippen molar-refractivity contribution in [3.05, 3.63) is 41.6 Å². The second kappa shape index (κ2) is 3.14. The first-order valence-corrected chi connectivity index (χ1v) is 4.25. The summed E-state index contributed by atoms with van der Waals surface area (Å²) in [7, 11) is 1.81. The Labute approximate surface area is 81.1 Å². The van der Waals surface area contributed by atoms with Gasteiger partial charge in [0.25, 0.3) is 0 Å². The normalized spacial score (nSPS) is 10.4. The van der Waals surface area contributed by atoms with Gasteiger partial charge in [0.05, 0.1) is 23.6 Å². The summed E-state index contributed by atoms with van der Waals surface area (Å²) in [6.45, 7) is 1.86. The average Bonchev–Trinajstić information content (AvgIpc) is 2.77.